The van der Waals surface area contributed by atoms with Crippen molar-refractivity contribution >= 4 is 5.69 Å². The summed E-state index contributed by atoms with van der Waals surface area (Å²) >= 11 is 0. The topological polar surface area (TPSA) is 27.7 Å². The molecule has 0 aliphatic carbocycles. The van der Waals surface area contributed by atoms with Crippen LogP contribution in [0.5, 0.6) is 5.75 Å². The fourth-order valence-corrected chi connectivity index (χ4v) is 3.83. The van der Waals surface area contributed by atoms with Crippen molar-refractivity contribution in [3.05, 3.63) is 60.2 Å². The predicted molar refractivity (Wildman–Crippen MR) is 123 cm³/mol. The smallest absolute Gasteiger partial charge is 0.119 e. The zero-order valence-corrected chi connectivity index (χ0v) is 18.1. The number of piperazine rings is 1. The van der Waals surface area contributed by atoms with E-state index in [2.05, 4.69) is 83.6 Å². The van der Waals surface area contributed by atoms with E-state index in [1.165, 1.54) is 37.3 Å². The zero-order valence-electron chi connectivity index (χ0n) is 18.1. The number of benzene rings is 2. The first-order valence-corrected chi connectivity index (χ1v) is 11.2. The van der Waals surface area contributed by atoms with Gasteiger partial charge in [0.2, 0.25) is 0 Å². The van der Waals surface area contributed by atoms with Crippen molar-refractivity contribution in [3.63, 3.8) is 0 Å². The molecule has 0 spiro atoms. The Morgan fingerprint density at radius 3 is 2.31 bits per heavy atom. The molecule has 4 heteroatoms. The minimum atomic E-state index is 0.428. The van der Waals surface area contributed by atoms with E-state index >= 15 is 0 Å². The normalized spacial score (nSPS) is 16.5. The predicted octanol–water partition coefficient (Wildman–Crippen LogP) is 4.53. The van der Waals surface area contributed by atoms with Crippen molar-refractivity contribution in [1.82, 2.24) is 9.80 Å². The first-order valence-electron chi connectivity index (χ1n) is 11.2. The molecule has 1 fully saturated rings. The number of hydrogen-bond acceptors (Lipinski definition) is 4. The van der Waals surface area contributed by atoms with Crippen LogP contribution in [0.2, 0.25) is 0 Å². The number of nitrogens with one attached hydrogen (secondary N) is 1. The van der Waals surface area contributed by atoms with Gasteiger partial charge in [0.05, 0.1) is 6.61 Å². The minimum Gasteiger partial charge on any atom is -0.494 e. The molecule has 1 heterocycles. The van der Waals surface area contributed by atoms with Gasteiger partial charge in [-0.25, -0.2) is 0 Å². The Bertz CT molecular complexity index is 681. The van der Waals surface area contributed by atoms with Crippen LogP contribution in [0.15, 0.2) is 54.6 Å². The molecule has 1 aliphatic rings. The van der Waals surface area contributed by atoms with Crippen LogP contribution in [0.25, 0.3) is 0 Å². The van der Waals surface area contributed by atoms with Crippen LogP contribution in [-0.2, 0) is 6.42 Å². The molecular weight excluding hydrogens is 358 g/mol. The highest BCUT2D eigenvalue weighted by Crippen LogP contribution is 2.17. The van der Waals surface area contributed by atoms with Gasteiger partial charge < -0.3 is 15.0 Å². The van der Waals surface area contributed by atoms with Crippen LogP contribution in [0, 0.1) is 0 Å². The second-order valence-corrected chi connectivity index (χ2v) is 8.15. The fraction of sp³-hybridized carbons (Fsp3) is 0.520. The molecule has 2 aromatic carbocycles. The van der Waals surface area contributed by atoms with Crippen LogP contribution < -0.4 is 10.1 Å². The minimum absolute atomic E-state index is 0.428. The maximum Gasteiger partial charge on any atom is 0.119 e. The third-order valence-corrected chi connectivity index (χ3v) is 5.59. The SMILES string of the molecule is CCCCOc1ccc(NC(C)CN2CCN(CCc3ccccc3)CC2)cc1. The molecule has 0 amide bonds. The Hall–Kier alpha value is -2.04. The van der Waals surface area contributed by atoms with Crippen molar-refractivity contribution in [2.24, 2.45) is 0 Å². The van der Waals surface area contributed by atoms with Gasteiger partial charge in [-0.15, -0.1) is 0 Å². The van der Waals surface area contributed by atoms with Crippen molar-refractivity contribution in [3.8, 4) is 5.75 Å². The van der Waals surface area contributed by atoms with Gasteiger partial charge in [0.25, 0.3) is 0 Å². The lowest BCUT2D eigenvalue weighted by molar-refractivity contribution is 0.131. The van der Waals surface area contributed by atoms with Gasteiger partial charge in [-0.1, -0.05) is 43.7 Å². The Labute approximate surface area is 176 Å². The summed E-state index contributed by atoms with van der Waals surface area (Å²) in [6.07, 6.45) is 3.42. The maximum atomic E-state index is 5.75. The molecule has 1 saturated heterocycles. The number of anilines is 1. The Balaban J connectivity index is 1.33. The van der Waals surface area contributed by atoms with Crippen molar-refractivity contribution < 1.29 is 4.74 Å². The summed E-state index contributed by atoms with van der Waals surface area (Å²) < 4.78 is 5.75. The lowest BCUT2D eigenvalue weighted by atomic mass is 10.1. The molecule has 0 bridgehead atoms. The summed E-state index contributed by atoms with van der Waals surface area (Å²) in [7, 11) is 0. The number of hydrogen-bond donors (Lipinski definition) is 1. The van der Waals surface area contributed by atoms with Crippen LogP contribution in [0.3, 0.4) is 0 Å². The second-order valence-electron chi connectivity index (χ2n) is 8.15. The molecule has 0 radical (unpaired) electrons. The summed E-state index contributed by atoms with van der Waals surface area (Å²) in [5.41, 5.74) is 2.61. The van der Waals surface area contributed by atoms with E-state index in [-0.39, 0.29) is 0 Å². The van der Waals surface area contributed by atoms with Crippen molar-refractivity contribution in [2.45, 2.75) is 39.2 Å². The number of nitrogens with zero attached hydrogens (tertiary/aromatic N) is 2. The zero-order chi connectivity index (χ0) is 20.3. The van der Waals surface area contributed by atoms with Gasteiger partial charge in [0.15, 0.2) is 0 Å². The highest BCUT2D eigenvalue weighted by atomic mass is 16.5. The van der Waals surface area contributed by atoms with E-state index < -0.39 is 0 Å². The van der Waals surface area contributed by atoms with Gasteiger partial charge in [-0.05, 0) is 49.6 Å². The molecule has 2 aromatic rings. The van der Waals surface area contributed by atoms with Gasteiger partial charge >= 0.3 is 0 Å². The van der Waals surface area contributed by atoms with E-state index in [4.69, 9.17) is 4.74 Å². The molecule has 1 aliphatic heterocycles. The van der Waals surface area contributed by atoms with Crippen LogP contribution >= 0.6 is 0 Å². The lowest BCUT2D eigenvalue weighted by Crippen LogP contribution is -2.49. The molecule has 0 aromatic heterocycles. The van der Waals surface area contributed by atoms with Crippen LogP contribution in [-0.4, -0.2) is 61.7 Å². The highest BCUT2D eigenvalue weighted by molar-refractivity contribution is 5.47. The van der Waals surface area contributed by atoms with E-state index in [1.807, 2.05) is 0 Å². The summed E-state index contributed by atoms with van der Waals surface area (Å²) in [4.78, 5) is 5.18. The van der Waals surface area contributed by atoms with Crippen LogP contribution in [0.4, 0.5) is 5.69 Å². The second kappa shape index (κ2) is 11.8. The third kappa shape index (κ3) is 7.71. The number of rotatable bonds is 11. The quantitative estimate of drug-likeness (QED) is 0.566. The Morgan fingerprint density at radius 2 is 1.62 bits per heavy atom. The monoisotopic (exact) mass is 395 g/mol. The van der Waals surface area contributed by atoms with E-state index in [0.717, 1.165) is 44.8 Å². The van der Waals surface area contributed by atoms with E-state index in [9.17, 15) is 0 Å². The first-order chi connectivity index (χ1) is 14.2. The first kappa shape index (κ1) is 21.7. The molecular formula is C25H37N3O. The van der Waals surface area contributed by atoms with Gasteiger partial charge in [-0.2, -0.15) is 0 Å². The van der Waals surface area contributed by atoms with Gasteiger partial charge in [0, 0.05) is 51.0 Å². The summed E-state index contributed by atoms with van der Waals surface area (Å²) in [5.74, 6) is 0.961. The van der Waals surface area contributed by atoms with Gasteiger partial charge in [0.1, 0.15) is 5.75 Å². The number of unbranched alkanes of at least 4 members (excludes halogenated alkanes) is 1. The average molecular weight is 396 g/mol. The maximum absolute atomic E-state index is 5.75. The van der Waals surface area contributed by atoms with Gasteiger partial charge in [-0.3, -0.25) is 4.90 Å². The van der Waals surface area contributed by atoms with E-state index in [1.54, 1.807) is 0 Å². The molecule has 4 nitrogen and oxygen atoms in total. The number of ether oxygens (including phenoxy) is 1. The Kier molecular flexibility index (Phi) is 8.84. The molecule has 158 valence electrons. The molecule has 1 atom stereocenters. The highest BCUT2D eigenvalue weighted by Gasteiger charge is 2.18. The molecule has 1 N–H and O–H groups in total. The summed E-state index contributed by atoms with van der Waals surface area (Å²) in [5, 5.41) is 3.63. The summed E-state index contributed by atoms with van der Waals surface area (Å²) in [6, 6.07) is 19.6. The molecule has 1 unspecified atom stereocenters. The molecule has 29 heavy (non-hydrogen) atoms. The third-order valence-electron chi connectivity index (χ3n) is 5.59. The average Bonchev–Trinajstić information content (AvgIpc) is 2.75. The molecule has 3 rings (SSSR count). The van der Waals surface area contributed by atoms with Crippen LogP contribution in [0.1, 0.15) is 32.3 Å². The Morgan fingerprint density at radius 1 is 0.931 bits per heavy atom. The summed E-state index contributed by atoms with van der Waals surface area (Å²) in [6.45, 7) is 12.2. The lowest BCUT2D eigenvalue weighted by Gasteiger charge is -2.36. The van der Waals surface area contributed by atoms with Crippen molar-refractivity contribution in [2.75, 3.05) is 51.2 Å². The van der Waals surface area contributed by atoms with E-state index in [0.29, 0.717) is 6.04 Å². The fourth-order valence-electron chi connectivity index (χ4n) is 3.83. The van der Waals surface area contributed by atoms with Crippen molar-refractivity contribution in [1.29, 1.82) is 0 Å². The molecule has 0 saturated carbocycles. The standard InChI is InChI=1S/C25H37N3O/c1-3-4-20-29-25-12-10-24(11-13-25)26-22(2)21-28-18-16-27(17-19-28)15-14-23-8-6-5-7-9-23/h5-13,22,26H,3-4,14-21H2,1-2H3. The largest absolute Gasteiger partial charge is 0.494 e.